The zero-order chi connectivity index (χ0) is 20.4. The summed E-state index contributed by atoms with van der Waals surface area (Å²) in [5, 5.41) is 15.3. The Morgan fingerprint density at radius 3 is 2.89 bits per heavy atom. The van der Waals surface area contributed by atoms with Gasteiger partial charge in [0, 0.05) is 17.8 Å². The van der Waals surface area contributed by atoms with Gasteiger partial charge in [0.05, 0.1) is 23.5 Å². The van der Waals surface area contributed by atoms with Crippen molar-refractivity contribution in [1.82, 2.24) is 25.1 Å². The molecule has 3 aromatic rings. The number of nitrogens with one attached hydrogen (secondary N) is 2. The summed E-state index contributed by atoms with van der Waals surface area (Å²) >= 11 is 5.73. The maximum absolute atomic E-state index is 14.4. The predicted octanol–water partition coefficient (Wildman–Crippen LogP) is 3.20. The zero-order valence-corrected chi connectivity index (χ0v) is 15.7. The highest BCUT2D eigenvalue weighted by Crippen LogP contribution is 2.31. The van der Waals surface area contributed by atoms with Gasteiger partial charge in [-0.2, -0.15) is 10.4 Å². The fourth-order valence-corrected chi connectivity index (χ4v) is 2.89. The number of nitriles is 1. The van der Waals surface area contributed by atoms with Crippen LogP contribution in [0.15, 0.2) is 24.5 Å². The molecule has 2 heterocycles. The molecule has 0 aliphatic carbocycles. The van der Waals surface area contributed by atoms with Crippen molar-refractivity contribution in [3.63, 3.8) is 0 Å². The van der Waals surface area contributed by atoms with Crippen LogP contribution in [0.1, 0.15) is 28.8 Å². The number of aromatic nitrogens is 4. The first-order valence-corrected chi connectivity index (χ1v) is 8.61. The maximum Gasteiger partial charge on any atom is 0.269 e. The Kier molecular flexibility index (Phi) is 5.42. The van der Waals surface area contributed by atoms with Crippen molar-refractivity contribution in [2.24, 2.45) is 0 Å². The molecule has 2 N–H and O–H groups in total. The summed E-state index contributed by atoms with van der Waals surface area (Å²) < 4.78 is 29.8. The summed E-state index contributed by atoms with van der Waals surface area (Å²) in [6, 6.07) is 3.61. The standard InChI is InChI=1S/C18H15ClF2N6O/c1-9(24-18(28)15-7-23-10(2)25-15)8-27-4-3-14(26-27)11-5-13(20)12(6-22)16(19)17(11)21/h3-5,7,9H,8H2,1-2H3,(H,23,25)(H,24,28)/t9-/m0/s1. The number of carbonyl (C=O) groups is 1. The first kappa shape index (κ1) is 19.5. The molecular formula is C18H15ClF2N6O. The monoisotopic (exact) mass is 404 g/mol. The molecule has 144 valence electrons. The lowest BCUT2D eigenvalue weighted by atomic mass is 10.1. The number of amides is 1. The summed E-state index contributed by atoms with van der Waals surface area (Å²) in [6.45, 7) is 3.82. The van der Waals surface area contributed by atoms with Gasteiger partial charge in [-0.15, -0.1) is 0 Å². The van der Waals surface area contributed by atoms with E-state index in [1.54, 1.807) is 20.0 Å². The van der Waals surface area contributed by atoms with Crippen LogP contribution >= 0.6 is 11.6 Å². The highest BCUT2D eigenvalue weighted by atomic mass is 35.5. The van der Waals surface area contributed by atoms with Crippen LogP contribution in [0, 0.1) is 29.9 Å². The molecule has 10 heteroatoms. The van der Waals surface area contributed by atoms with Gasteiger partial charge in [0.25, 0.3) is 5.91 Å². The van der Waals surface area contributed by atoms with Gasteiger partial charge in [-0.05, 0) is 26.0 Å². The second kappa shape index (κ2) is 7.78. The second-order valence-electron chi connectivity index (χ2n) is 6.20. The fraction of sp³-hybridized carbons (Fsp3) is 0.222. The minimum Gasteiger partial charge on any atom is -0.346 e. The summed E-state index contributed by atoms with van der Waals surface area (Å²) in [5.74, 6) is -1.52. The van der Waals surface area contributed by atoms with E-state index in [1.807, 2.05) is 0 Å². The molecule has 2 aromatic heterocycles. The average molecular weight is 405 g/mol. The molecule has 3 rings (SSSR count). The topological polar surface area (TPSA) is 99.4 Å². The highest BCUT2D eigenvalue weighted by Gasteiger charge is 2.20. The smallest absolute Gasteiger partial charge is 0.269 e. The predicted molar refractivity (Wildman–Crippen MR) is 97.6 cm³/mol. The van der Waals surface area contributed by atoms with Gasteiger partial charge in [-0.25, -0.2) is 13.8 Å². The van der Waals surface area contributed by atoms with Gasteiger partial charge in [-0.1, -0.05) is 11.6 Å². The SMILES string of the molecule is Cc1ncc(C(=O)N[C@@H](C)Cn2ccc(-c3cc(F)c(C#N)c(Cl)c3F)n2)[nH]1. The molecule has 1 aromatic carbocycles. The molecule has 0 bridgehead atoms. The van der Waals surface area contributed by atoms with Crippen molar-refractivity contribution >= 4 is 17.5 Å². The average Bonchev–Trinajstić information content (AvgIpc) is 3.27. The minimum absolute atomic E-state index is 0.148. The third kappa shape index (κ3) is 3.87. The van der Waals surface area contributed by atoms with Crippen LogP contribution in [0.3, 0.4) is 0 Å². The van der Waals surface area contributed by atoms with Gasteiger partial charge in [-0.3, -0.25) is 9.48 Å². The Bertz CT molecular complexity index is 1080. The van der Waals surface area contributed by atoms with Gasteiger partial charge >= 0.3 is 0 Å². The van der Waals surface area contributed by atoms with E-state index in [0.717, 1.165) is 6.07 Å². The Hall–Kier alpha value is -3.25. The molecule has 0 saturated carbocycles. The molecule has 0 aliphatic rings. The number of aryl methyl sites for hydroxylation is 1. The van der Waals surface area contributed by atoms with Gasteiger partial charge in [0.1, 0.15) is 29.0 Å². The number of carbonyl (C=O) groups excluding carboxylic acids is 1. The molecule has 1 amide bonds. The molecule has 0 radical (unpaired) electrons. The number of nitrogens with zero attached hydrogens (tertiary/aromatic N) is 4. The number of H-pyrrole nitrogens is 1. The van der Waals surface area contributed by atoms with E-state index in [4.69, 9.17) is 16.9 Å². The molecule has 0 saturated heterocycles. The van der Waals surface area contributed by atoms with Crippen LogP contribution in [0.5, 0.6) is 0 Å². The van der Waals surface area contributed by atoms with Gasteiger partial charge in [0.15, 0.2) is 5.82 Å². The quantitative estimate of drug-likeness (QED) is 0.638. The third-order valence-corrected chi connectivity index (χ3v) is 4.33. The minimum atomic E-state index is -0.922. The Morgan fingerprint density at radius 1 is 1.50 bits per heavy atom. The molecule has 28 heavy (non-hydrogen) atoms. The van der Waals surface area contributed by atoms with Crippen molar-refractivity contribution in [1.29, 1.82) is 5.26 Å². The van der Waals surface area contributed by atoms with E-state index in [1.165, 1.54) is 23.0 Å². The zero-order valence-electron chi connectivity index (χ0n) is 14.9. The first-order valence-electron chi connectivity index (χ1n) is 8.24. The van der Waals surface area contributed by atoms with E-state index in [0.29, 0.717) is 18.1 Å². The van der Waals surface area contributed by atoms with E-state index in [9.17, 15) is 13.6 Å². The largest absolute Gasteiger partial charge is 0.346 e. The van der Waals surface area contributed by atoms with E-state index in [2.05, 4.69) is 20.4 Å². The Balaban J connectivity index is 1.74. The van der Waals surface area contributed by atoms with E-state index < -0.39 is 22.2 Å². The van der Waals surface area contributed by atoms with Crippen LogP contribution in [0.4, 0.5) is 8.78 Å². The number of hydrogen-bond donors (Lipinski definition) is 2. The lowest BCUT2D eigenvalue weighted by Gasteiger charge is -2.13. The molecule has 1 atom stereocenters. The number of benzene rings is 1. The second-order valence-corrected chi connectivity index (χ2v) is 6.58. The lowest BCUT2D eigenvalue weighted by molar-refractivity contribution is 0.0931. The molecule has 0 aliphatic heterocycles. The summed E-state index contributed by atoms with van der Waals surface area (Å²) in [4.78, 5) is 18.9. The van der Waals surface area contributed by atoms with Crippen molar-refractivity contribution < 1.29 is 13.6 Å². The fourth-order valence-electron chi connectivity index (χ4n) is 2.65. The Morgan fingerprint density at radius 2 is 2.25 bits per heavy atom. The van der Waals surface area contributed by atoms with Crippen LogP contribution < -0.4 is 5.32 Å². The van der Waals surface area contributed by atoms with Gasteiger partial charge in [0.2, 0.25) is 0 Å². The molecule has 0 spiro atoms. The van der Waals surface area contributed by atoms with Crippen LogP contribution in [0.2, 0.25) is 5.02 Å². The highest BCUT2D eigenvalue weighted by molar-refractivity contribution is 6.32. The number of halogens is 3. The van der Waals surface area contributed by atoms with Crippen molar-refractivity contribution in [2.75, 3.05) is 0 Å². The molecule has 0 fully saturated rings. The molecule has 7 nitrogen and oxygen atoms in total. The molecular weight excluding hydrogens is 390 g/mol. The van der Waals surface area contributed by atoms with Crippen molar-refractivity contribution in [3.8, 4) is 17.3 Å². The first-order chi connectivity index (χ1) is 13.3. The van der Waals surface area contributed by atoms with Crippen LogP contribution in [-0.4, -0.2) is 31.7 Å². The van der Waals surface area contributed by atoms with Crippen LogP contribution in [0.25, 0.3) is 11.3 Å². The van der Waals surface area contributed by atoms with Crippen molar-refractivity contribution in [3.05, 3.63) is 58.3 Å². The third-order valence-electron chi connectivity index (χ3n) is 3.97. The summed E-state index contributed by atoms with van der Waals surface area (Å²) in [6.07, 6.45) is 3.01. The van der Waals surface area contributed by atoms with E-state index >= 15 is 0 Å². The Labute approximate surface area is 164 Å². The van der Waals surface area contributed by atoms with Gasteiger partial charge < -0.3 is 10.3 Å². The van der Waals surface area contributed by atoms with Crippen molar-refractivity contribution in [2.45, 2.75) is 26.4 Å². The molecule has 0 unspecified atom stereocenters. The number of rotatable bonds is 5. The summed E-state index contributed by atoms with van der Waals surface area (Å²) in [5.41, 5.74) is -0.196. The number of imidazole rings is 1. The maximum atomic E-state index is 14.4. The number of hydrogen-bond acceptors (Lipinski definition) is 4. The normalized spacial score (nSPS) is 11.9. The summed E-state index contributed by atoms with van der Waals surface area (Å²) in [7, 11) is 0. The van der Waals surface area contributed by atoms with E-state index in [-0.39, 0.29) is 23.2 Å². The lowest BCUT2D eigenvalue weighted by Crippen LogP contribution is -2.36. The number of aromatic amines is 1. The van der Waals surface area contributed by atoms with Crippen LogP contribution in [-0.2, 0) is 6.54 Å².